The Labute approximate surface area is 80.1 Å². The molecule has 0 saturated heterocycles. The largest absolute Gasteiger partial charge is 0.393 e. The maximum absolute atomic E-state index is 9.78. The first kappa shape index (κ1) is 10.3. The highest BCUT2D eigenvalue weighted by molar-refractivity contribution is 6.23. The number of halogens is 1. The lowest BCUT2D eigenvalue weighted by Gasteiger charge is -2.27. The molecule has 0 bridgehead atoms. The zero-order valence-corrected chi connectivity index (χ0v) is 9.15. The highest BCUT2D eigenvalue weighted by Gasteiger charge is 2.44. The minimum absolute atomic E-state index is 0.215. The monoisotopic (exact) mass is 190 g/mol. The lowest BCUT2D eigenvalue weighted by atomic mass is 9.86. The zero-order chi connectivity index (χ0) is 9.57. The summed E-state index contributed by atoms with van der Waals surface area (Å²) in [6.45, 7) is 8.37. The molecule has 0 aromatic carbocycles. The van der Waals surface area contributed by atoms with Gasteiger partial charge in [-0.05, 0) is 32.1 Å². The van der Waals surface area contributed by atoms with Crippen molar-refractivity contribution >= 4 is 11.6 Å². The lowest BCUT2D eigenvalue weighted by Crippen LogP contribution is -2.30. The number of hydrogen-bond acceptors (Lipinski definition) is 1. The minimum atomic E-state index is -0.271. The SMILES string of the molecule is CC1(C)C[C@H](O)[C@@H](C(C)(C)Cl)C1. The minimum Gasteiger partial charge on any atom is -0.393 e. The molecular formula is C10H19ClO. The third-order valence-corrected chi connectivity index (χ3v) is 3.16. The molecule has 2 heteroatoms. The molecule has 0 unspecified atom stereocenters. The van der Waals surface area contributed by atoms with Crippen LogP contribution >= 0.6 is 11.6 Å². The van der Waals surface area contributed by atoms with Crippen LogP contribution in [0.3, 0.4) is 0 Å². The molecule has 1 saturated carbocycles. The summed E-state index contributed by atoms with van der Waals surface area (Å²) in [6.07, 6.45) is 1.70. The van der Waals surface area contributed by atoms with Gasteiger partial charge in [0, 0.05) is 10.8 Å². The van der Waals surface area contributed by atoms with Crippen molar-refractivity contribution < 1.29 is 5.11 Å². The van der Waals surface area contributed by atoms with Gasteiger partial charge in [0.15, 0.2) is 0 Å². The van der Waals surface area contributed by atoms with Crippen LogP contribution in [0.25, 0.3) is 0 Å². The molecule has 1 rings (SSSR count). The summed E-state index contributed by atoms with van der Waals surface area (Å²) in [6, 6.07) is 0. The van der Waals surface area contributed by atoms with Crippen LogP contribution in [-0.2, 0) is 0 Å². The molecule has 1 N–H and O–H groups in total. The number of aliphatic hydroxyl groups is 1. The predicted molar refractivity (Wildman–Crippen MR) is 52.4 cm³/mol. The summed E-state index contributed by atoms with van der Waals surface area (Å²) in [4.78, 5) is -0.271. The second-order valence-corrected chi connectivity index (χ2v) is 6.28. The van der Waals surface area contributed by atoms with Crippen molar-refractivity contribution in [3.63, 3.8) is 0 Å². The summed E-state index contributed by atoms with van der Waals surface area (Å²) in [5.41, 5.74) is 0.260. The molecule has 0 radical (unpaired) electrons. The highest BCUT2D eigenvalue weighted by atomic mass is 35.5. The van der Waals surface area contributed by atoms with E-state index in [1.807, 2.05) is 13.8 Å². The predicted octanol–water partition coefficient (Wildman–Crippen LogP) is 2.80. The lowest BCUT2D eigenvalue weighted by molar-refractivity contribution is 0.113. The Kier molecular flexibility index (Phi) is 2.48. The van der Waals surface area contributed by atoms with E-state index in [0.29, 0.717) is 0 Å². The number of alkyl halides is 1. The van der Waals surface area contributed by atoms with Crippen LogP contribution in [-0.4, -0.2) is 16.1 Å². The molecule has 72 valence electrons. The highest BCUT2D eigenvalue weighted by Crippen LogP contribution is 2.47. The number of rotatable bonds is 1. The van der Waals surface area contributed by atoms with Gasteiger partial charge in [-0.3, -0.25) is 0 Å². The molecule has 1 aliphatic carbocycles. The fourth-order valence-corrected chi connectivity index (χ4v) is 2.45. The molecule has 1 fully saturated rings. The van der Waals surface area contributed by atoms with E-state index in [9.17, 15) is 5.11 Å². The van der Waals surface area contributed by atoms with Gasteiger partial charge in [-0.25, -0.2) is 0 Å². The molecule has 1 nitrogen and oxygen atoms in total. The average molecular weight is 191 g/mol. The molecule has 1 aliphatic rings. The van der Waals surface area contributed by atoms with E-state index >= 15 is 0 Å². The van der Waals surface area contributed by atoms with Gasteiger partial charge in [-0.15, -0.1) is 11.6 Å². The van der Waals surface area contributed by atoms with Crippen molar-refractivity contribution in [1.82, 2.24) is 0 Å². The van der Waals surface area contributed by atoms with Gasteiger partial charge in [-0.2, -0.15) is 0 Å². The maximum atomic E-state index is 9.78. The Morgan fingerprint density at radius 2 is 1.83 bits per heavy atom. The summed E-state index contributed by atoms with van der Waals surface area (Å²) in [5.74, 6) is 0.245. The van der Waals surface area contributed by atoms with Crippen LogP contribution in [0.4, 0.5) is 0 Å². The summed E-state index contributed by atoms with van der Waals surface area (Å²) in [5, 5.41) is 9.78. The standard InChI is InChI=1S/C10H19ClO/c1-9(2)5-7(8(12)6-9)10(3,4)11/h7-8,12H,5-6H2,1-4H3/t7-,8-/m0/s1. The Morgan fingerprint density at radius 3 is 2.00 bits per heavy atom. The van der Waals surface area contributed by atoms with Gasteiger partial charge < -0.3 is 5.11 Å². The molecule has 0 aromatic heterocycles. The first-order valence-electron chi connectivity index (χ1n) is 4.59. The zero-order valence-electron chi connectivity index (χ0n) is 8.39. The van der Waals surface area contributed by atoms with Crippen molar-refractivity contribution in [3.05, 3.63) is 0 Å². The van der Waals surface area contributed by atoms with Gasteiger partial charge in [0.05, 0.1) is 6.10 Å². The summed E-state index contributed by atoms with van der Waals surface area (Å²) in [7, 11) is 0. The van der Waals surface area contributed by atoms with Crippen LogP contribution < -0.4 is 0 Å². The molecule has 0 heterocycles. The van der Waals surface area contributed by atoms with Crippen molar-refractivity contribution in [2.24, 2.45) is 11.3 Å². The van der Waals surface area contributed by atoms with Gasteiger partial charge in [0.25, 0.3) is 0 Å². The van der Waals surface area contributed by atoms with Gasteiger partial charge in [0.1, 0.15) is 0 Å². The van der Waals surface area contributed by atoms with Crippen LogP contribution in [0, 0.1) is 11.3 Å². The van der Waals surface area contributed by atoms with Crippen molar-refractivity contribution in [2.75, 3.05) is 0 Å². The van der Waals surface area contributed by atoms with Crippen molar-refractivity contribution in [3.8, 4) is 0 Å². The summed E-state index contributed by atoms with van der Waals surface area (Å²) < 4.78 is 0. The first-order chi connectivity index (χ1) is 5.22. The summed E-state index contributed by atoms with van der Waals surface area (Å²) >= 11 is 6.20. The second kappa shape index (κ2) is 2.88. The van der Waals surface area contributed by atoms with Crippen LogP contribution in [0.15, 0.2) is 0 Å². The molecule has 2 atom stereocenters. The Morgan fingerprint density at radius 1 is 1.33 bits per heavy atom. The van der Waals surface area contributed by atoms with Crippen LogP contribution in [0.1, 0.15) is 40.5 Å². The van der Waals surface area contributed by atoms with E-state index in [1.165, 1.54) is 0 Å². The van der Waals surface area contributed by atoms with E-state index in [4.69, 9.17) is 11.6 Å². The van der Waals surface area contributed by atoms with Gasteiger partial charge in [-0.1, -0.05) is 13.8 Å². The van der Waals surface area contributed by atoms with E-state index < -0.39 is 0 Å². The molecule has 0 spiro atoms. The third-order valence-electron chi connectivity index (χ3n) is 2.88. The molecule has 0 aliphatic heterocycles. The molecule has 0 aromatic rings. The normalized spacial score (nSPS) is 35.5. The smallest absolute Gasteiger partial charge is 0.0590 e. The quantitative estimate of drug-likeness (QED) is 0.631. The van der Waals surface area contributed by atoms with E-state index in [-0.39, 0.29) is 22.3 Å². The van der Waals surface area contributed by atoms with Crippen molar-refractivity contribution in [1.29, 1.82) is 0 Å². The third kappa shape index (κ3) is 2.14. The Balaban J connectivity index is 2.71. The van der Waals surface area contributed by atoms with E-state index in [1.54, 1.807) is 0 Å². The van der Waals surface area contributed by atoms with Crippen LogP contribution in [0.5, 0.6) is 0 Å². The van der Waals surface area contributed by atoms with Gasteiger partial charge in [0.2, 0.25) is 0 Å². The Bertz CT molecular complexity index is 169. The molecule has 12 heavy (non-hydrogen) atoms. The Hall–Kier alpha value is 0.250. The maximum Gasteiger partial charge on any atom is 0.0590 e. The molecule has 0 amide bonds. The van der Waals surface area contributed by atoms with E-state index in [2.05, 4.69) is 13.8 Å². The van der Waals surface area contributed by atoms with Crippen LogP contribution in [0.2, 0.25) is 0 Å². The fraction of sp³-hybridized carbons (Fsp3) is 1.00. The fourth-order valence-electron chi connectivity index (χ4n) is 2.22. The number of aliphatic hydroxyl groups excluding tert-OH is 1. The second-order valence-electron chi connectivity index (χ2n) is 5.31. The van der Waals surface area contributed by atoms with Gasteiger partial charge >= 0.3 is 0 Å². The number of hydrogen-bond donors (Lipinski definition) is 1. The van der Waals surface area contributed by atoms with Crippen molar-refractivity contribution in [2.45, 2.75) is 51.5 Å². The topological polar surface area (TPSA) is 20.2 Å². The van der Waals surface area contributed by atoms with E-state index in [0.717, 1.165) is 12.8 Å². The first-order valence-corrected chi connectivity index (χ1v) is 4.97. The molecular weight excluding hydrogens is 172 g/mol. The average Bonchev–Trinajstić information content (AvgIpc) is 2.03.